The van der Waals surface area contributed by atoms with Crippen LogP contribution in [0.15, 0.2) is 42.5 Å². The number of ether oxygens (including phenoxy) is 1. The Labute approximate surface area is 119 Å². The fraction of sp³-hybridized carbons (Fsp3) is 0.250. The van der Waals surface area contributed by atoms with Crippen LogP contribution in [0.2, 0.25) is 5.02 Å². The highest BCUT2D eigenvalue weighted by Crippen LogP contribution is 2.30. The maximum atomic E-state index is 6.20. The fourth-order valence-electron chi connectivity index (χ4n) is 1.90. The summed E-state index contributed by atoms with van der Waals surface area (Å²) in [5, 5.41) is 3.82. The second-order valence-corrected chi connectivity index (χ2v) is 4.75. The highest BCUT2D eigenvalue weighted by molar-refractivity contribution is 6.31. The average Bonchev–Trinajstić information content (AvgIpc) is 2.43. The van der Waals surface area contributed by atoms with E-state index in [-0.39, 0.29) is 0 Å². The van der Waals surface area contributed by atoms with Crippen LogP contribution < -0.4 is 10.1 Å². The van der Waals surface area contributed by atoms with Gasteiger partial charge in [-0.2, -0.15) is 0 Å². The molecule has 0 heterocycles. The minimum atomic E-state index is 0.683. The van der Waals surface area contributed by atoms with Crippen molar-refractivity contribution < 1.29 is 4.74 Å². The highest BCUT2D eigenvalue weighted by atomic mass is 35.5. The molecular weight excluding hydrogens is 258 g/mol. The van der Waals surface area contributed by atoms with Gasteiger partial charge in [-0.1, -0.05) is 36.7 Å². The summed E-state index contributed by atoms with van der Waals surface area (Å²) in [6.07, 6.45) is 1.03. The molecule has 0 aliphatic heterocycles. The van der Waals surface area contributed by atoms with Crippen LogP contribution >= 0.6 is 11.6 Å². The molecule has 0 aromatic heterocycles. The van der Waals surface area contributed by atoms with E-state index >= 15 is 0 Å². The van der Waals surface area contributed by atoms with E-state index in [1.165, 1.54) is 5.56 Å². The Kier molecular flexibility index (Phi) is 4.83. The van der Waals surface area contributed by atoms with Gasteiger partial charge in [0.1, 0.15) is 11.5 Å². The third kappa shape index (κ3) is 3.49. The third-order valence-electron chi connectivity index (χ3n) is 2.99. The van der Waals surface area contributed by atoms with Gasteiger partial charge in [-0.3, -0.25) is 0 Å². The van der Waals surface area contributed by atoms with E-state index in [1.54, 1.807) is 0 Å². The molecule has 1 N–H and O–H groups in total. The van der Waals surface area contributed by atoms with Crippen molar-refractivity contribution >= 4 is 11.6 Å². The van der Waals surface area contributed by atoms with E-state index in [0.717, 1.165) is 28.5 Å². The molecule has 100 valence electrons. The van der Waals surface area contributed by atoms with Crippen LogP contribution in [-0.4, -0.2) is 7.05 Å². The molecule has 0 saturated heterocycles. The first-order valence-corrected chi connectivity index (χ1v) is 6.81. The van der Waals surface area contributed by atoms with Crippen LogP contribution in [0.5, 0.6) is 11.5 Å². The molecule has 0 bridgehead atoms. The molecule has 0 spiro atoms. The van der Waals surface area contributed by atoms with Gasteiger partial charge in [0.05, 0.1) is 0 Å². The molecule has 3 heteroatoms. The molecule has 0 unspecified atom stereocenters. The van der Waals surface area contributed by atoms with Crippen molar-refractivity contribution in [1.29, 1.82) is 0 Å². The summed E-state index contributed by atoms with van der Waals surface area (Å²) in [5.74, 6) is 1.63. The van der Waals surface area contributed by atoms with Crippen molar-refractivity contribution in [2.75, 3.05) is 7.05 Å². The summed E-state index contributed by atoms with van der Waals surface area (Å²) in [4.78, 5) is 0. The van der Waals surface area contributed by atoms with E-state index in [0.29, 0.717) is 6.54 Å². The van der Waals surface area contributed by atoms with Crippen molar-refractivity contribution in [2.45, 2.75) is 19.9 Å². The Morgan fingerprint density at radius 2 is 1.84 bits per heavy atom. The molecule has 2 aromatic rings. The van der Waals surface area contributed by atoms with Crippen LogP contribution in [0, 0.1) is 0 Å². The number of rotatable bonds is 5. The zero-order valence-electron chi connectivity index (χ0n) is 11.2. The van der Waals surface area contributed by atoms with Gasteiger partial charge in [-0.25, -0.2) is 0 Å². The number of halogens is 1. The van der Waals surface area contributed by atoms with E-state index in [9.17, 15) is 0 Å². The molecule has 0 atom stereocenters. The second-order valence-electron chi connectivity index (χ2n) is 4.35. The molecule has 0 saturated carbocycles. The van der Waals surface area contributed by atoms with Crippen LogP contribution in [0.3, 0.4) is 0 Å². The van der Waals surface area contributed by atoms with Crippen molar-refractivity contribution in [3.63, 3.8) is 0 Å². The standard InChI is InChI=1S/C16H18ClNO/c1-3-12-7-9-13(10-8-12)19-16-6-4-5-15(17)14(16)11-18-2/h4-10,18H,3,11H2,1-2H3. The van der Waals surface area contributed by atoms with E-state index < -0.39 is 0 Å². The number of aryl methyl sites for hydroxylation is 1. The van der Waals surface area contributed by atoms with Gasteiger partial charge < -0.3 is 10.1 Å². The lowest BCUT2D eigenvalue weighted by Gasteiger charge is -2.12. The van der Waals surface area contributed by atoms with Crippen LogP contribution in [0.4, 0.5) is 0 Å². The Bertz CT molecular complexity index is 537. The van der Waals surface area contributed by atoms with Gasteiger partial charge in [0, 0.05) is 17.1 Å². The first kappa shape index (κ1) is 13.9. The molecule has 0 aliphatic carbocycles. The predicted molar refractivity (Wildman–Crippen MR) is 80.1 cm³/mol. The molecule has 2 aromatic carbocycles. The van der Waals surface area contributed by atoms with Crippen molar-refractivity contribution in [3.05, 3.63) is 58.6 Å². The van der Waals surface area contributed by atoms with E-state index in [4.69, 9.17) is 16.3 Å². The van der Waals surface area contributed by atoms with Crippen molar-refractivity contribution in [2.24, 2.45) is 0 Å². The Morgan fingerprint density at radius 1 is 1.11 bits per heavy atom. The number of hydrogen-bond acceptors (Lipinski definition) is 2. The van der Waals surface area contributed by atoms with Gasteiger partial charge >= 0.3 is 0 Å². The summed E-state index contributed by atoms with van der Waals surface area (Å²) in [6.45, 7) is 2.82. The smallest absolute Gasteiger partial charge is 0.133 e. The number of benzene rings is 2. The van der Waals surface area contributed by atoms with Gasteiger partial charge in [0.25, 0.3) is 0 Å². The van der Waals surface area contributed by atoms with Crippen molar-refractivity contribution in [1.82, 2.24) is 5.32 Å². The summed E-state index contributed by atoms with van der Waals surface area (Å²) < 4.78 is 5.92. The lowest BCUT2D eigenvalue weighted by Crippen LogP contribution is -2.07. The number of hydrogen-bond donors (Lipinski definition) is 1. The zero-order valence-corrected chi connectivity index (χ0v) is 12.0. The maximum absolute atomic E-state index is 6.20. The van der Waals surface area contributed by atoms with Crippen molar-refractivity contribution in [3.8, 4) is 11.5 Å². The van der Waals surface area contributed by atoms with Gasteiger partial charge in [0.2, 0.25) is 0 Å². The normalized spacial score (nSPS) is 10.5. The molecule has 19 heavy (non-hydrogen) atoms. The lowest BCUT2D eigenvalue weighted by molar-refractivity contribution is 0.474. The molecule has 2 nitrogen and oxygen atoms in total. The summed E-state index contributed by atoms with van der Waals surface area (Å²) >= 11 is 6.20. The highest BCUT2D eigenvalue weighted by Gasteiger charge is 2.08. The summed E-state index contributed by atoms with van der Waals surface area (Å²) in [6, 6.07) is 13.9. The first-order chi connectivity index (χ1) is 9.24. The Morgan fingerprint density at radius 3 is 2.47 bits per heavy atom. The molecular formula is C16H18ClNO. The van der Waals surface area contributed by atoms with E-state index in [1.807, 2.05) is 37.4 Å². The second kappa shape index (κ2) is 6.60. The quantitative estimate of drug-likeness (QED) is 0.872. The van der Waals surface area contributed by atoms with Crippen LogP contribution in [0.1, 0.15) is 18.1 Å². The molecule has 0 amide bonds. The largest absolute Gasteiger partial charge is 0.457 e. The van der Waals surface area contributed by atoms with Crippen LogP contribution in [0.25, 0.3) is 0 Å². The fourth-order valence-corrected chi connectivity index (χ4v) is 2.14. The monoisotopic (exact) mass is 275 g/mol. The first-order valence-electron chi connectivity index (χ1n) is 6.43. The summed E-state index contributed by atoms with van der Waals surface area (Å²) in [7, 11) is 1.89. The zero-order chi connectivity index (χ0) is 13.7. The molecule has 0 fully saturated rings. The molecule has 2 rings (SSSR count). The molecule has 0 radical (unpaired) electrons. The predicted octanol–water partition coefficient (Wildman–Crippen LogP) is 4.41. The Hall–Kier alpha value is -1.51. The minimum Gasteiger partial charge on any atom is -0.457 e. The SMILES string of the molecule is CCc1ccc(Oc2cccc(Cl)c2CNC)cc1. The summed E-state index contributed by atoms with van der Waals surface area (Å²) in [5.41, 5.74) is 2.28. The van der Waals surface area contributed by atoms with Crippen LogP contribution in [-0.2, 0) is 13.0 Å². The topological polar surface area (TPSA) is 21.3 Å². The Balaban J connectivity index is 2.24. The molecule has 0 aliphatic rings. The minimum absolute atomic E-state index is 0.683. The van der Waals surface area contributed by atoms with E-state index in [2.05, 4.69) is 24.4 Å². The van der Waals surface area contributed by atoms with Gasteiger partial charge in [0.15, 0.2) is 0 Å². The lowest BCUT2D eigenvalue weighted by atomic mass is 10.1. The maximum Gasteiger partial charge on any atom is 0.133 e. The van der Waals surface area contributed by atoms with Gasteiger partial charge in [-0.15, -0.1) is 0 Å². The number of nitrogens with one attached hydrogen (secondary N) is 1. The third-order valence-corrected chi connectivity index (χ3v) is 3.34. The average molecular weight is 276 g/mol. The van der Waals surface area contributed by atoms with Gasteiger partial charge in [-0.05, 0) is 43.3 Å².